The summed E-state index contributed by atoms with van der Waals surface area (Å²) in [5.74, 6) is 1.66. The first-order valence-electron chi connectivity index (χ1n) is 6.85. The van der Waals surface area contributed by atoms with Crippen LogP contribution in [-0.4, -0.2) is 39.9 Å². The summed E-state index contributed by atoms with van der Waals surface area (Å²) >= 11 is 0. The third kappa shape index (κ3) is 5.48. The van der Waals surface area contributed by atoms with E-state index in [-0.39, 0.29) is 0 Å². The second-order valence-electron chi connectivity index (χ2n) is 4.43. The highest BCUT2D eigenvalue weighted by atomic mass is 16.5. The Morgan fingerprint density at radius 3 is 2.70 bits per heavy atom. The molecule has 112 valence electrons. The molecule has 0 saturated heterocycles. The maximum atomic E-state index is 5.39. The van der Waals surface area contributed by atoms with Gasteiger partial charge in [-0.1, -0.05) is 12.1 Å². The second kappa shape index (κ2) is 9.20. The molecule has 0 spiro atoms. The number of ether oxygens (including phenoxy) is 2. The van der Waals surface area contributed by atoms with Crippen molar-refractivity contribution < 1.29 is 9.47 Å². The van der Waals surface area contributed by atoms with Gasteiger partial charge < -0.3 is 20.1 Å². The van der Waals surface area contributed by atoms with Crippen molar-refractivity contribution >= 4 is 5.96 Å². The third-order valence-electron chi connectivity index (χ3n) is 2.79. The number of nitrogens with one attached hydrogen (secondary N) is 2. The van der Waals surface area contributed by atoms with Gasteiger partial charge in [0, 0.05) is 25.8 Å². The maximum absolute atomic E-state index is 5.39. The van der Waals surface area contributed by atoms with Crippen molar-refractivity contribution in [1.29, 1.82) is 0 Å². The van der Waals surface area contributed by atoms with E-state index >= 15 is 0 Å². The van der Waals surface area contributed by atoms with Gasteiger partial charge in [0.05, 0.1) is 20.3 Å². The molecule has 0 heterocycles. The Morgan fingerprint density at radius 2 is 2.05 bits per heavy atom. The minimum absolute atomic E-state index is 0.575. The molecule has 5 nitrogen and oxygen atoms in total. The second-order valence-corrected chi connectivity index (χ2v) is 4.43. The molecule has 0 aliphatic carbocycles. The number of methoxy groups -OCH3 is 2. The van der Waals surface area contributed by atoms with E-state index in [0.717, 1.165) is 30.4 Å². The first-order chi connectivity index (χ1) is 9.71. The van der Waals surface area contributed by atoms with Crippen LogP contribution in [0.3, 0.4) is 0 Å². The predicted octanol–water partition coefficient (Wildman–Crippen LogP) is 1.71. The number of hydrogen-bond donors (Lipinski definition) is 2. The zero-order chi connectivity index (χ0) is 14.8. The topological polar surface area (TPSA) is 54.9 Å². The van der Waals surface area contributed by atoms with Crippen LogP contribution in [0.15, 0.2) is 23.2 Å². The molecule has 0 aliphatic heterocycles. The van der Waals surface area contributed by atoms with Crippen LogP contribution in [0.2, 0.25) is 0 Å². The number of hydrogen-bond acceptors (Lipinski definition) is 3. The van der Waals surface area contributed by atoms with E-state index in [1.807, 2.05) is 19.9 Å². The fraction of sp³-hybridized carbons (Fsp3) is 0.533. The van der Waals surface area contributed by atoms with Crippen LogP contribution in [-0.2, 0) is 11.3 Å². The zero-order valence-electron chi connectivity index (χ0n) is 12.8. The van der Waals surface area contributed by atoms with E-state index in [0.29, 0.717) is 13.2 Å². The van der Waals surface area contributed by atoms with Crippen molar-refractivity contribution in [3.8, 4) is 5.75 Å². The van der Waals surface area contributed by atoms with Gasteiger partial charge in [0.25, 0.3) is 0 Å². The van der Waals surface area contributed by atoms with Gasteiger partial charge >= 0.3 is 0 Å². The van der Waals surface area contributed by atoms with E-state index in [2.05, 4.69) is 27.8 Å². The van der Waals surface area contributed by atoms with Gasteiger partial charge in [-0.2, -0.15) is 0 Å². The van der Waals surface area contributed by atoms with Gasteiger partial charge in [-0.25, -0.2) is 4.99 Å². The van der Waals surface area contributed by atoms with Gasteiger partial charge in [0.1, 0.15) is 5.75 Å². The van der Waals surface area contributed by atoms with Crippen LogP contribution in [0.4, 0.5) is 0 Å². The molecule has 0 aromatic heterocycles. The number of guanidine groups is 1. The maximum Gasteiger partial charge on any atom is 0.191 e. The molecule has 1 rings (SSSR count). The average Bonchev–Trinajstić information content (AvgIpc) is 2.45. The first kappa shape index (κ1) is 16.3. The molecule has 0 atom stereocenters. The molecular formula is C15H25N3O2. The van der Waals surface area contributed by atoms with Crippen LogP contribution in [0.1, 0.15) is 18.1 Å². The predicted molar refractivity (Wildman–Crippen MR) is 82.4 cm³/mol. The third-order valence-corrected chi connectivity index (χ3v) is 2.79. The molecule has 0 unspecified atom stereocenters. The summed E-state index contributed by atoms with van der Waals surface area (Å²) in [6, 6.07) is 6.14. The summed E-state index contributed by atoms with van der Waals surface area (Å²) in [5, 5.41) is 6.42. The first-order valence-corrected chi connectivity index (χ1v) is 6.85. The minimum Gasteiger partial charge on any atom is -0.496 e. The number of rotatable bonds is 7. The Labute approximate surface area is 121 Å². The Balaban J connectivity index is 2.70. The fourth-order valence-electron chi connectivity index (χ4n) is 1.76. The number of benzene rings is 1. The molecule has 0 saturated carbocycles. The van der Waals surface area contributed by atoms with Gasteiger partial charge in [-0.15, -0.1) is 0 Å². The Bertz CT molecular complexity index is 433. The van der Waals surface area contributed by atoms with Crippen LogP contribution < -0.4 is 15.4 Å². The van der Waals surface area contributed by atoms with E-state index in [4.69, 9.17) is 9.47 Å². The zero-order valence-corrected chi connectivity index (χ0v) is 12.8. The lowest BCUT2D eigenvalue weighted by molar-refractivity contribution is 0.203. The summed E-state index contributed by atoms with van der Waals surface area (Å²) in [5.41, 5.74) is 2.25. The van der Waals surface area contributed by atoms with Crippen molar-refractivity contribution in [2.45, 2.75) is 20.4 Å². The minimum atomic E-state index is 0.575. The van der Waals surface area contributed by atoms with E-state index < -0.39 is 0 Å². The monoisotopic (exact) mass is 279 g/mol. The van der Waals surface area contributed by atoms with Crippen LogP contribution in [0.5, 0.6) is 5.75 Å². The smallest absolute Gasteiger partial charge is 0.191 e. The summed E-state index contributed by atoms with van der Waals surface area (Å²) in [4.78, 5) is 4.55. The van der Waals surface area contributed by atoms with Crippen molar-refractivity contribution in [2.24, 2.45) is 4.99 Å². The highest BCUT2D eigenvalue weighted by Gasteiger charge is 2.03. The van der Waals surface area contributed by atoms with Crippen molar-refractivity contribution in [2.75, 3.05) is 33.9 Å². The number of aryl methyl sites for hydroxylation is 1. The highest BCUT2D eigenvalue weighted by Crippen LogP contribution is 2.20. The molecule has 2 N–H and O–H groups in total. The molecular weight excluding hydrogens is 254 g/mol. The molecule has 0 radical (unpaired) electrons. The fourth-order valence-corrected chi connectivity index (χ4v) is 1.76. The van der Waals surface area contributed by atoms with Crippen LogP contribution in [0.25, 0.3) is 0 Å². The van der Waals surface area contributed by atoms with E-state index in [1.54, 1.807) is 14.2 Å². The molecule has 0 fully saturated rings. The number of nitrogens with zero attached hydrogens (tertiary/aromatic N) is 1. The molecule has 0 bridgehead atoms. The Hall–Kier alpha value is -1.75. The summed E-state index contributed by atoms with van der Waals surface area (Å²) in [6.07, 6.45) is 0. The highest BCUT2D eigenvalue weighted by molar-refractivity contribution is 5.79. The van der Waals surface area contributed by atoms with Crippen molar-refractivity contribution in [1.82, 2.24) is 10.6 Å². The normalized spacial score (nSPS) is 11.3. The largest absolute Gasteiger partial charge is 0.496 e. The summed E-state index contributed by atoms with van der Waals surface area (Å²) in [7, 11) is 3.37. The Morgan fingerprint density at radius 1 is 1.25 bits per heavy atom. The average molecular weight is 279 g/mol. The molecule has 20 heavy (non-hydrogen) atoms. The lowest BCUT2D eigenvalue weighted by atomic mass is 10.1. The molecule has 0 aliphatic rings. The van der Waals surface area contributed by atoms with Gasteiger partial charge in [-0.05, 0) is 25.5 Å². The Kier molecular flexibility index (Phi) is 7.50. The SMILES string of the molecule is CCNC(=NCc1ccc(C)cc1OC)NCCOC. The number of aliphatic imine (C=N–C) groups is 1. The molecule has 1 aromatic carbocycles. The standard InChI is InChI=1S/C15H25N3O2/c1-5-16-15(17-8-9-19-3)18-11-13-7-6-12(2)10-14(13)20-4/h6-7,10H,5,8-9,11H2,1-4H3,(H2,16,17,18). The van der Waals surface area contributed by atoms with Crippen molar-refractivity contribution in [3.63, 3.8) is 0 Å². The van der Waals surface area contributed by atoms with E-state index in [9.17, 15) is 0 Å². The molecule has 1 aromatic rings. The lowest BCUT2D eigenvalue weighted by Crippen LogP contribution is -2.38. The van der Waals surface area contributed by atoms with Gasteiger partial charge in [0.15, 0.2) is 5.96 Å². The quantitative estimate of drug-likeness (QED) is 0.453. The van der Waals surface area contributed by atoms with Gasteiger partial charge in [0.2, 0.25) is 0 Å². The van der Waals surface area contributed by atoms with Gasteiger partial charge in [-0.3, -0.25) is 0 Å². The summed E-state index contributed by atoms with van der Waals surface area (Å²) < 4.78 is 10.4. The summed E-state index contributed by atoms with van der Waals surface area (Å²) in [6.45, 7) is 6.87. The molecule has 5 heteroatoms. The molecule has 0 amide bonds. The van der Waals surface area contributed by atoms with Crippen LogP contribution in [0, 0.1) is 6.92 Å². The van der Waals surface area contributed by atoms with Crippen LogP contribution >= 0.6 is 0 Å². The lowest BCUT2D eigenvalue weighted by Gasteiger charge is -2.12. The van der Waals surface area contributed by atoms with E-state index in [1.165, 1.54) is 5.56 Å². The van der Waals surface area contributed by atoms with Crippen molar-refractivity contribution in [3.05, 3.63) is 29.3 Å².